The molecule has 2 bridgehead atoms. The van der Waals surface area contributed by atoms with Crippen LogP contribution in [0.5, 0.6) is 0 Å². The highest BCUT2D eigenvalue weighted by molar-refractivity contribution is 5.91. The molecule has 0 amide bonds. The van der Waals surface area contributed by atoms with Crippen molar-refractivity contribution in [1.82, 2.24) is 0 Å². The standard InChI is InChI=1S/C19H30O4/c1-5-11-18(16(20)22-7-3)14-9-10-15(13-14)19(18,12-6-2)17(21)23-8-4/h9-10,14-15H,5-8,11-13H2,1-4H3/t14-,15-,18?,19?/m1/s1. The molecule has 0 aromatic rings. The SMILES string of the molecule is CCCC1(C(=O)OCC)[C@@H]2C=C[C@H](C2)C1(CCC)C(=O)OCC. The summed E-state index contributed by atoms with van der Waals surface area (Å²) < 4.78 is 11.0. The monoisotopic (exact) mass is 322 g/mol. The van der Waals surface area contributed by atoms with Crippen LogP contribution in [0, 0.1) is 22.7 Å². The first-order valence-electron chi connectivity index (χ1n) is 9.07. The second-order valence-corrected chi connectivity index (χ2v) is 6.72. The van der Waals surface area contributed by atoms with Crippen LogP contribution in [0.1, 0.15) is 59.8 Å². The Kier molecular flexibility index (Phi) is 5.53. The van der Waals surface area contributed by atoms with Crippen LogP contribution >= 0.6 is 0 Å². The molecule has 2 rings (SSSR count). The number of allylic oxidation sites excluding steroid dienone is 2. The number of fused-ring (bicyclic) bond motifs is 2. The molecule has 130 valence electrons. The molecule has 1 fully saturated rings. The van der Waals surface area contributed by atoms with Crippen molar-refractivity contribution in [2.45, 2.75) is 59.8 Å². The number of rotatable bonds is 8. The second-order valence-electron chi connectivity index (χ2n) is 6.72. The zero-order valence-corrected chi connectivity index (χ0v) is 14.9. The van der Waals surface area contributed by atoms with Gasteiger partial charge in [-0.15, -0.1) is 0 Å². The van der Waals surface area contributed by atoms with E-state index in [9.17, 15) is 9.59 Å². The van der Waals surface area contributed by atoms with E-state index in [1.807, 2.05) is 13.8 Å². The Morgan fingerprint density at radius 2 is 1.26 bits per heavy atom. The van der Waals surface area contributed by atoms with Crippen LogP contribution in [-0.2, 0) is 19.1 Å². The lowest BCUT2D eigenvalue weighted by Gasteiger charge is -2.48. The van der Waals surface area contributed by atoms with E-state index in [4.69, 9.17) is 9.47 Å². The summed E-state index contributed by atoms with van der Waals surface area (Å²) in [6.07, 6.45) is 8.17. The fourth-order valence-corrected chi connectivity index (χ4v) is 5.09. The van der Waals surface area contributed by atoms with E-state index in [-0.39, 0.29) is 23.8 Å². The Balaban J connectivity index is 2.60. The zero-order valence-electron chi connectivity index (χ0n) is 14.9. The third kappa shape index (κ3) is 2.41. The van der Waals surface area contributed by atoms with Gasteiger partial charge in [-0.25, -0.2) is 0 Å². The molecule has 4 atom stereocenters. The summed E-state index contributed by atoms with van der Waals surface area (Å²) in [5.74, 6) is -0.245. The largest absolute Gasteiger partial charge is 0.466 e. The van der Waals surface area contributed by atoms with E-state index in [2.05, 4.69) is 26.0 Å². The van der Waals surface area contributed by atoms with Gasteiger partial charge in [-0.1, -0.05) is 38.8 Å². The summed E-state index contributed by atoms with van der Waals surface area (Å²) in [6.45, 7) is 8.48. The molecule has 0 saturated heterocycles. The molecular weight excluding hydrogens is 292 g/mol. The molecule has 2 unspecified atom stereocenters. The van der Waals surface area contributed by atoms with Crippen LogP contribution in [-0.4, -0.2) is 25.2 Å². The van der Waals surface area contributed by atoms with Gasteiger partial charge in [-0.2, -0.15) is 0 Å². The predicted octanol–water partition coefficient (Wildman–Crippen LogP) is 3.89. The van der Waals surface area contributed by atoms with E-state index < -0.39 is 10.8 Å². The predicted molar refractivity (Wildman–Crippen MR) is 88.7 cm³/mol. The molecule has 0 aliphatic heterocycles. The summed E-state index contributed by atoms with van der Waals surface area (Å²) in [5, 5.41) is 0. The van der Waals surface area contributed by atoms with Crippen molar-refractivity contribution in [2.75, 3.05) is 13.2 Å². The average Bonchev–Trinajstić information content (AvgIpc) is 3.09. The maximum Gasteiger partial charge on any atom is 0.313 e. The van der Waals surface area contributed by atoms with E-state index in [1.54, 1.807) is 0 Å². The highest BCUT2D eigenvalue weighted by atomic mass is 16.5. The van der Waals surface area contributed by atoms with Crippen LogP contribution in [0.15, 0.2) is 12.2 Å². The van der Waals surface area contributed by atoms with Gasteiger partial charge in [0, 0.05) is 0 Å². The number of carbonyl (C=O) groups excluding carboxylic acids is 2. The first kappa shape index (κ1) is 18.0. The molecule has 0 aromatic carbocycles. The maximum atomic E-state index is 13.1. The molecule has 23 heavy (non-hydrogen) atoms. The number of carbonyl (C=O) groups is 2. The van der Waals surface area contributed by atoms with Gasteiger partial charge in [-0.05, 0) is 44.9 Å². The van der Waals surface area contributed by atoms with Crippen molar-refractivity contribution in [2.24, 2.45) is 22.7 Å². The van der Waals surface area contributed by atoms with Crippen molar-refractivity contribution >= 4 is 11.9 Å². The quantitative estimate of drug-likeness (QED) is 0.502. The second kappa shape index (κ2) is 7.06. The minimum Gasteiger partial charge on any atom is -0.466 e. The van der Waals surface area contributed by atoms with Crippen molar-refractivity contribution < 1.29 is 19.1 Å². The van der Waals surface area contributed by atoms with E-state index >= 15 is 0 Å². The smallest absolute Gasteiger partial charge is 0.313 e. The van der Waals surface area contributed by atoms with E-state index in [1.165, 1.54) is 0 Å². The van der Waals surface area contributed by atoms with Crippen LogP contribution in [0.3, 0.4) is 0 Å². The third-order valence-electron chi connectivity index (χ3n) is 5.71. The molecule has 0 spiro atoms. The van der Waals surface area contributed by atoms with Gasteiger partial charge in [0.15, 0.2) is 0 Å². The van der Waals surface area contributed by atoms with Crippen molar-refractivity contribution in [3.63, 3.8) is 0 Å². The van der Waals surface area contributed by atoms with Crippen molar-refractivity contribution in [1.29, 1.82) is 0 Å². The Morgan fingerprint density at radius 3 is 1.57 bits per heavy atom. The van der Waals surface area contributed by atoms with Gasteiger partial charge in [0.25, 0.3) is 0 Å². The number of ether oxygens (including phenoxy) is 2. The summed E-state index contributed by atoms with van der Waals surface area (Å²) >= 11 is 0. The van der Waals surface area contributed by atoms with Gasteiger partial charge < -0.3 is 9.47 Å². The Hall–Kier alpha value is -1.32. The molecule has 0 heterocycles. The van der Waals surface area contributed by atoms with Gasteiger partial charge in [0.2, 0.25) is 0 Å². The van der Waals surface area contributed by atoms with Gasteiger partial charge in [0.1, 0.15) is 0 Å². The molecule has 2 aliphatic carbocycles. The molecule has 0 radical (unpaired) electrons. The fraction of sp³-hybridized carbons (Fsp3) is 0.789. The lowest BCUT2D eigenvalue weighted by molar-refractivity contribution is -0.185. The van der Waals surface area contributed by atoms with Gasteiger partial charge in [0.05, 0.1) is 24.0 Å². The number of esters is 2. The normalized spacial score (nSPS) is 34.6. The topological polar surface area (TPSA) is 52.6 Å². The summed E-state index contributed by atoms with van der Waals surface area (Å²) in [4.78, 5) is 26.2. The first-order chi connectivity index (χ1) is 11.0. The van der Waals surface area contributed by atoms with Crippen molar-refractivity contribution in [3.8, 4) is 0 Å². The highest BCUT2D eigenvalue weighted by Gasteiger charge is 2.72. The molecular formula is C19H30O4. The minimum absolute atomic E-state index is 0.0856. The average molecular weight is 322 g/mol. The van der Waals surface area contributed by atoms with E-state index in [0.29, 0.717) is 26.1 Å². The maximum absolute atomic E-state index is 13.1. The molecule has 4 heteroatoms. The lowest BCUT2D eigenvalue weighted by Crippen LogP contribution is -2.56. The summed E-state index contributed by atoms with van der Waals surface area (Å²) in [5.41, 5.74) is -1.53. The highest BCUT2D eigenvalue weighted by Crippen LogP contribution is 2.68. The zero-order chi connectivity index (χ0) is 17.1. The molecule has 0 aromatic heterocycles. The molecule has 0 N–H and O–H groups in total. The molecule has 2 aliphatic rings. The Morgan fingerprint density at radius 1 is 0.870 bits per heavy atom. The van der Waals surface area contributed by atoms with Crippen LogP contribution in [0.25, 0.3) is 0 Å². The summed E-state index contributed by atoms with van der Waals surface area (Å²) in [6, 6.07) is 0. The van der Waals surface area contributed by atoms with Crippen LogP contribution in [0.2, 0.25) is 0 Å². The summed E-state index contributed by atoms with van der Waals surface area (Å²) in [7, 11) is 0. The lowest BCUT2D eigenvalue weighted by atomic mass is 9.54. The van der Waals surface area contributed by atoms with Crippen molar-refractivity contribution in [3.05, 3.63) is 12.2 Å². The minimum atomic E-state index is -0.764. The molecule has 1 saturated carbocycles. The van der Waals surface area contributed by atoms with Crippen LogP contribution < -0.4 is 0 Å². The molecule has 4 nitrogen and oxygen atoms in total. The number of hydrogen-bond acceptors (Lipinski definition) is 4. The fourth-order valence-electron chi connectivity index (χ4n) is 5.09. The van der Waals surface area contributed by atoms with Gasteiger partial charge >= 0.3 is 11.9 Å². The Bertz CT molecular complexity index is 442. The Labute approximate surface area is 139 Å². The van der Waals surface area contributed by atoms with Crippen LogP contribution in [0.4, 0.5) is 0 Å². The first-order valence-corrected chi connectivity index (χ1v) is 9.07. The number of hydrogen-bond donors (Lipinski definition) is 0. The third-order valence-corrected chi connectivity index (χ3v) is 5.71. The van der Waals surface area contributed by atoms with E-state index in [0.717, 1.165) is 19.3 Å². The van der Waals surface area contributed by atoms with Gasteiger partial charge in [-0.3, -0.25) is 9.59 Å².